The van der Waals surface area contributed by atoms with Gasteiger partial charge in [0.2, 0.25) is 0 Å². The molecule has 0 saturated heterocycles. The lowest BCUT2D eigenvalue weighted by molar-refractivity contribution is 1.22. The number of nitrogens with one attached hydrogen (secondary N) is 1. The third-order valence-corrected chi connectivity index (χ3v) is 2.33. The molecule has 0 radical (unpaired) electrons. The van der Waals surface area contributed by atoms with E-state index in [9.17, 15) is 4.79 Å². The first-order valence-corrected chi connectivity index (χ1v) is 4.88. The molecule has 0 atom stereocenters. The Balaban J connectivity index is 2.55. The second kappa shape index (κ2) is 4.34. The summed E-state index contributed by atoms with van der Waals surface area (Å²) in [5.74, 6) is 0. The van der Waals surface area contributed by atoms with Crippen molar-refractivity contribution in [2.45, 2.75) is 0 Å². The van der Waals surface area contributed by atoms with Crippen LogP contribution in [0.25, 0.3) is 11.3 Å². The van der Waals surface area contributed by atoms with Gasteiger partial charge in [0.1, 0.15) is 11.6 Å². The molecule has 0 aliphatic carbocycles. The van der Waals surface area contributed by atoms with Crippen LogP contribution >= 0.6 is 0 Å². The van der Waals surface area contributed by atoms with Crippen molar-refractivity contribution in [3.63, 3.8) is 0 Å². The molecular formula is C13H7N3O. The molecule has 1 heterocycles. The monoisotopic (exact) mass is 221 g/mol. The van der Waals surface area contributed by atoms with Gasteiger partial charge >= 0.3 is 0 Å². The van der Waals surface area contributed by atoms with E-state index >= 15 is 0 Å². The Bertz CT molecular complexity index is 702. The summed E-state index contributed by atoms with van der Waals surface area (Å²) >= 11 is 0. The van der Waals surface area contributed by atoms with Crippen molar-refractivity contribution in [1.29, 1.82) is 10.5 Å². The van der Waals surface area contributed by atoms with Gasteiger partial charge in [-0.25, -0.2) is 0 Å². The summed E-state index contributed by atoms with van der Waals surface area (Å²) in [5, 5.41) is 17.4. The first kappa shape index (κ1) is 10.7. The van der Waals surface area contributed by atoms with Crippen LogP contribution in [-0.4, -0.2) is 4.98 Å². The molecule has 0 bridgehead atoms. The Morgan fingerprint density at radius 3 is 2.53 bits per heavy atom. The first-order chi connectivity index (χ1) is 8.24. The molecule has 1 N–H and O–H groups in total. The van der Waals surface area contributed by atoms with Crippen LogP contribution < -0.4 is 5.56 Å². The van der Waals surface area contributed by atoms with Crippen molar-refractivity contribution >= 4 is 0 Å². The van der Waals surface area contributed by atoms with Crippen LogP contribution in [0.2, 0.25) is 0 Å². The maximum Gasteiger partial charge on any atom is 0.266 e. The zero-order chi connectivity index (χ0) is 12.3. The van der Waals surface area contributed by atoms with Crippen molar-refractivity contribution < 1.29 is 0 Å². The number of nitriles is 2. The van der Waals surface area contributed by atoms with Gasteiger partial charge in [0.05, 0.1) is 11.6 Å². The van der Waals surface area contributed by atoms with Gasteiger partial charge in [0.15, 0.2) is 0 Å². The minimum Gasteiger partial charge on any atom is -0.321 e. The van der Waals surface area contributed by atoms with E-state index in [-0.39, 0.29) is 5.56 Å². The molecular weight excluding hydrogens is 214 g/mol. The van der Waals surface area contributed by atoms with Crippen molar-refractivity contribution in [2.75, 3.05) is 0 Å². The van der Waals surface area contributed by atoms with Crippen LogP contribution in [0, 0.1) is 22.7 Å². The SMILES string of the molecule is N#Cc1cccc(-c2ccc(C#N)c(=O)[nH]2)c1. The lowest BCUT2D eigenvalue weighted by Gasteiger charge is -2.01. The quantitative estimate of drug-likeness (QED) is 0.797. The van der Waals surface area contributed by atoms with E-state index in [1.165, 1.54) is 6.07 Å². The summed E-state index contributed by atoms with van der Waals surface area (Å²) in [5.41, 5.74) is 1.50. The van der Waals surface area contributed by atoms with Gasteiger partial charge in [-0.1, -0.05) is 12.1 Å². The number of H-pyrrole nitrogens is 1. The molecule has 0 aliphatic rings. The second-order valence-electron chi connectivity index (χ2n) is 3.42. The summed E-state index contributed by atoms with van der Waals surface area (Å²) in [7, 11) is 0. The fourth-order valence-electron chi connectivity index (χ4n) is 1.49. The van der Waals surface area contributed by atoms with Crippen molar-refractivity contribution in [3.8, 4) is 23.4 Å². The average molecular weight is 221 g/mol. The fraction of sp³-hybridized carbons (Fsp3) is 0. The third-order valence-electron chi connectivity index (χ3n) is 2.33. The highest BCUT2D eigenvalue weighted by atomic mass is 16.1. The van der Waals surface area contributed by atoms with Crippen LogP contribution in [-0.2, 0) is 0 Å². The maximum atomic E-state index is 11.5. The van der Waals surface area contributed by atoms with Gasteiger partial charge in [0.25, 0.3) is 5.56 Å². The highest BCUT2D eigenvalue weighted by molar-refractivity contribution is 5.61. The first-order valence-electron chi connectivity index (χ1n) is 4.88. The smallest absolute Gasteiger partial charge is 0.266 e. The topological polar surface area (TPSA) is 80.4 Å². The molecule has 0 aliphatic heterocycles. The number of rotatable bonds is 1. The Labute approximate surface area is 97.4 Å². The predicted molar refractivity (Wildman–Crippen MR) is 61.9 cm³/mol. The Hall–Kier alpha value is -2.85. The Morgan fingerprint density at radius 1 is 1.06 bits per heavy atom. The van der Waals surface area contributed by atoms with Gasteiger partial charge in [-0.3, -0.25) is 4.79 Å². The molecule has 0 unspecified atom stereocenters. The average Bonchev–Trinajstić information content (AvgIpc) is 2.38. The summed E-state index contributed by atoms with van der Waals surface area (Å²) in [6.07, 6.45) is 0. The van der Waals surface area contributed by atoms with Crippen LogP contribution in [0.5, 0.6) is 0 Å². The van der Waals surface area contributed by atoms with E-state index in [1.54, 1.807) is 36.4 Å². The molecule has 17 heavy (non-hydrogen) atoms. The van der Waals surface area contributed by atoms with E-state index in [1.807, 2.05) is 6.07 Å². The van der Waals surface area contributed by atoms with E-state index in [4.69, 9.17) is 10.5 Å². The van der Waals surface area contributed by atoms with Gasteiger partial charge < -0.3 is 4.98 Å². The third kappa shape index (κ3) is 2.06. The number of pyridine rings is 1. The molecule has 0 fully saturated rings. The number of aromatic nitrogens is 1. The fourth-order valence-corrected chi connectivity index (χ4v) is 1.49. The van der Waals surface area contributed by atoms with Gasteiger partial charge in [-0.2, -0.15) is 10.5 Å². The normalized spacial score (nSPS) is 9.29. The molecule has 4 heteroatoms. The minimum atomic E-state index is -0.424. The maximum absolute atomic E-state index is 11.5. The predicted octanol–water partition coefficient (Wildman–Crippen LogP) is 1.79. The molecule has 0 amide bonds. The Morgan fingerprint density at radius 2 is 1.88 bits per heavy atom. The molecule has 80 valence electrons. The molecule has 1 aromatic carbocycles. The number of hydrogen-bond donors (Lipinski definition) is 1. The highest BCUT2D eigenvalue weighted by Crippen LogP contribution is 2.16. The zero-order valence-corrected chi connectivity index (χ0v) is 8.77. The molecule has 0 saturated carbocycles. The lowest BCUT2D eigenvalue weighted by atomic mass is 10.1. The van der Waals surface area contributed by atoms with Crippen molar-refractivity contribution in [2.24, 2.45) is 0 Å². The van der Waals surface area contributed by atoms with Crippen LogP contribution in [0.3, 0.4) is 0 Å². The number of hydrogen-bond acceptors (Lipinski definition) is 3. The standard InChI is InChI=1S/C13H7N3O/c14-7-9-2-1-3-10(6-9)12-5-4-11(8-15)13(17)16-12/h1-6H,(H,16,17). The van der Waals surface area contributed by atoms with E-state index < -0.39 is 5.56 Å². The van der Waals surface area contributed by atoms with E-state index in [0.29, 0.717) is 11.3 Å². The lowest BCUT2D eigenvalue weighted by Crippen LogP contribution is -2.10. The van der Waals surface area contributed by atoms with Crippen LogP contribution in [0.4, 0.5) is 0 Å². The summed E-state index contributed by atoms with van der Waals surface area (Å²) in [6.45, 7) is 0. The van der Waals surface area contributed by atoms with Gasteiger partial charge in [0, 0.05) is 5.69 Å². The van der Waals surface area contributed by atoms with Crippen molar-refractivity contribution in [3.05, 3.63) is 57.9 Å². The summed E-state index contributed by atoms with van der Waals surface area (Å²) < 4.78 is 0. The number of nitrogens with zero attached hydrogens (tertiary/aromatic N) is 2. The van der Waals surface area contributed by atoms with E-state index in [0.717, 1.165) is 5.56 Å². The van der Waals surface area contributed by atoms with Gasteiger partial charge in [-0.05, 0) is 29.8 Å². The van der Waals surface area contributed by atoms with E-state index in [2.05, 4.69) is 4.98 Å². The second-order valence-corrected chi connectivity index (χ2v) is 3.42. The van der Waals surface area contributed by atoms with Crippen molar-refractivity contribution in [1.82, 2.24) is 4.98 Å². The minimum absolute atomic E-state index is 0.0742. The number of aromatic amines is 1. The van der Waals surface area contributed by atoms with Crippen LogP contribution in [0.15, 0.2) is 41.2 Å². The summed E-state index contributed by atoms with van der Waals surface area (Å²) in [4.78, 5) is 14.1. The molecule has 4 nitrogen and oxygen atoms in total. The van der Waals surface area contributed by atoms with Crippen LogP contribution in [0.1, 0.15) is 11.1 Å². The largest absolute Gasteiger partial charge is 0.321 e. The zero-order valence-electron chi connectivity index (χ0n) is 8.77. The molecule has 1 aromatic heterocycles. The molecule has 2 rings (SSSR count). The number of benzene rings is 1. The van der Waals surface area contributed by atoms with Gasteiger partial charge in [-0.15, -0.1) is 0 Å². The summed E-state index contributed by atoms with van der Waals surface area (Å²) in [6, 6.07) is 13.8. The Kier molecular flexibility index (Phi) is 2.72. The highest BCUT2D eigenvalue weighted by Gasteiger charge is 2.03. The molecule has 2 aromatic rings. The molecule has 0 spiro atoms.